The highest BCUT2D eigenvalue weighted by Crippen LogP contribution is 2.33. The highest BCUT2D eigenvalue weighted by Gasteiger charge is 2.20. The number of methoxy groups -OCH3 is 1. The maximum Gasteiger partial charge on any atom is 0.203 e. The number of carbonyl (C=O) groups is 2. The number of ether oxygens (including phenoxy) is 4. The van der Waals surface area contributed by atoms with Crippen LogP contribution in [-0.2, 0) is 13.0 Å². The Morgan fingerprint density at radius 2 is 1.19 bits per heavy atom. The summed E-state index contributed by atoms with van der Waals surface area (Å²) in [5.74, 6) is 0.0308. The predicted molar refractivity (Wildman–Crippen MR) is 160 cm³/mol. The van der Waals surface area contributed by atoms with Crippen molar-refractivity contribution in [2.24, 2.45) is 0 Å². The van der Waals surface area contributed by atoms with Gasteiger partial charge in [-0.15, -0.1) is 0 Å². The Kier molecular flexibility index (Phi) is 10.1. The van der Waals surface area contributed by atoms with Gasteiger partial charge in [0.25, 0.3) is 0 Å². The number of Topliss-reactive ketones (excluding diaryl/α,β-unsaturated/α-hetero) is 2. The van der Waals surface area contributed by atoms with E-state index in [1.807, 2.05) is 26.0 Å². The molecule has 0 atom stereocenters. The van der Waals surface area contributed by atoms with Crippen LogP contribution in [-0.4, -0.2) is 47.2 Å². The summed E-state index contributed by atoms with van der Waals surface area (Å²) in [6.07, 6.45) is 1.30. The average Bonchev–Trinajstić information content (AvgIpc) is 3.00. The van der Waals surface area contributed by atoms with E-state index in [0.29, 0.717) is 29.2 Å². The zero-order chi connectivity index (χ0) is 30.9. The van der Waals surface area contributed by atoms with E-state index in [1.54, 1.807) is 42.5 Å². The SMILES string of the molecule is CCCc1cc(C(=O)COc2ccc(C)cc2)c(OCc2cc(C(=O)COc3ccc(OC)cc3)c(O)cc2O)cc1O. The molecule has 0 fully saturated rings. The number of aromatic hydroxyl groups is 3. The van der Waals surface area contributed by atoms with Crippen molar-refractivity contribution < 1.29 is 43.9 Å². The van der Waals surface area contributed by atoms with Gasteiger partial charge in [-0.05, 0) is 67.4 Å². The van der Waals surface area contributed by atoms with Crippen molar-refractivity contribution in [3.63, 3.8) is 0 Å². The third-order valence-corrected chi connectivity index (χ3v) is 6.70. The molecule has 0 spiro atoms. The maximum atomic E-state index is 13.2. The fourth-order valence-corrected chi connectivity index (χ4v) is 4.30. The van der Waals surface area contributed by atoms with Gasteiger partial charge >= 0.3 is 0 Å². The van der Waals surface area contributed by atoms with Gasteiger partial charge < -0.3 is 34.3 Å². The van der Waals surface area contributed by atoms with Gasteiger partial charge in [0.15, 0.2) is 13.2 Å². The van der Waals surface area contributed by atoms with Crippen LogP contribution in [0.1, 0.15) is 50.8 Å². The molecule has 4 aromatic carbocycles. The molecule has 4 rings (SSSR count). The molecule has 9 nitrogen and oxygen atoms in total. The summed E-state index contributed by atoms with van der Waals surface area (Å²) in [4.78, 5) is 26.1. The second kappa shape index (κ2) is 14.1. The number of phenolic OH excluding ortho intramolecular Hbond substituents is 3. The lowest BCUT2D eigenvalue weighted by molar-refractivity contribution is 0.0911. The maximum absolute atomic E-state index is 13.2. The van der Waals surface area contributed by atoms with Gasteiger partial charge in [0, 0.05) is 17.7 Å². The number of rotatable bonds is 14. The topological polar surface area (TPSA) is 132 Å². The Labute approximate surface area is 249 Å². The Morgan fingerprint density at radius 1 is 0.651 bits per heavy atom. The van der Waals surface area contributed by atoms with Crippen molar-refractivity contribution in [1.29, 1.82) is 0 Å². The van der Waals surface area contributed by atoms with Crippen LogP contribution in [0.15, 0.2) is 72.8 Å². The molecule has 3 N–H and O–H groups in total. The Balaban J connectivity index is 1.51. The zero-order valence-electron chi connectivity index (χ0n) is 24.3. The highest BCUT2D eigenvalue weighted by atomic mass is 16.5. The Bertz CT molecular complexity index is 1580. The lowest BCUT2D eigenvalue weighted by atomic mass is 10.0. The predicted octanol–water partition coefficient (Wildman–Crippen LogP) is 6.18. The van der Waals surface area contributed by atoms with E-state index < -0.39 is 11.5 Å². The van der Waals surface area contributed by atoms with Crippen molar-refractivity contribution in [3.05, 3.63) is 101 Å². The molecule has 0 heterocycles. The lowest BCUT2D eigenvalue weighted by Crippen LogP contribution is -2.14. The molecular weight excluding hydrogens is 552 g/mol. The summed E-state index contributed by atoms with van der Waals surface area (Å²) in [6.45, 7) is 3.02. The van der Waals surface area contributed by atoms with Crippen LogP contribution < -0.4 is 18.9 Å². The first kappa shape index (κ1) is 30.8. The largest absolute Gasteiger partial charge is 0.508 e. The monoisotopic (exact) mass is 586 g/mol. The second-order valence-electron chi connectivity index (χ2n) is 9.93. The second-order valence-corrected chi connectivity index (χ2v) is 9.93. The van der Waals surface area contributed by atoms with Crippen molar-refractivity contribution in [1.82, 2.24) is 0 Å². The van der Waals surface area contributed by atoms with Gasteiger partial charge in [-0.3, -0.25) is 9.59 Å². The zero-order valence-corrected chi connectivity index (χ0v) is 24.3. The summed E-state index contributed by atoms with van der Waals surface area (Å²) in [5.41, 5.74) is 1.96. The van der Waals surface area contributed by atoms with Gasteiger partial charge in [0.05, 0.1) is 18.2 Å². The minimum absolute atomic E-state index is 0.0330. The number of benzene rings is 4. The number of aryl methyl sites for hydroxylation is 2. The van der Waals surface area contributed by atoms with Crippen LogP contribution in [0.3, 0.4) is 0 Å². The average molecular weight is 587 g/mol. The van der Waals surface area contributed by atoms with Crippen LogP contribution in [0.2, 0.25) is 0 Å². The van der Waals surface area contributed by atoms with Gasteiger partial charge in [-0.1, -0.05) is 31.0 Å². The fourth-order valence-electron chi connectivity index (χ4n) is 4.30. The molecule has 0 saturated heterocycles. The summed E-state index contributed by atoms with van der Waals surface area (Å²) in [6, 6.07) is 19.3. The third kappa shape index (κ3) is 7.97. The van der Waals surface area contributed by atoms with E-state index in [0.717, 1.165) is 18.1 Å². The van der Waals surface area contributed by atoms with Gasteiger partial charge in [0.2, 0.25) is 11.6 Å². The number of carbonyl (C=O) groups excluding carboxylic acids is 2. The molecule has 0 aliphatic carbocycles. The van der Waals surface area contributed by atoms with E-state index in [-0.39, 0.29) is 59.5 Å². The van der Waals surface area contributed by atoms with Crippen molar-refractivity contribution in [3.8, 4) is 40.2 Å². The van der Waals surface area contributed by atoms with E-state index in [2.05, 4.69) is 0 Å². The Morgan fingerprint density at radius 3 is 1.79 bits per heavy atom. The van der Waals surface area contributed by atoms with E-state index >= 15 is 0 Å². The minimum atomic E-state index is -0.528. The molecule has 0 saturated carbocycles. The number of phenols is 3. The molecule has 0 bridgehead atoms. The third-order valence-electron chi connectivity index (χ3n) is 6.70. The van der Waals surface area contributed by atoms with Crippen LogP contribution in [0.5, 0.6) is 40.2 Å². The van der Waals surface area contributed by atoms with Crippen LogP contribution in [0, 0.1) is 6.92 Å². The first-order chi connectivity index (χ1) is 20.7. The summed E-state index contributed by atoms with van der Waals surface area (Å²) in [7, 11) is 1.54. The van der Waals surface area contributed by atoms with Crippen molar-refractivity contribution >= 4 is 11.6 Å². The fraction of sp³-hybridized carbons (Fsp3) is 0.235. The molecule has 224 valence electrons. The number of ketones is 2. The number of hydrogen-bond acceptors (Lipinski definition) is 9. The molecule has 0 aromatic heterocycles. The van der Waals surface area contributed by atoms with Crippen LogP contribution >= 0.6 is 0 Å². The smallest absolute Gasteiger partial charge is 0.203 e. The van der Waals surface area contributed by atoms with E-state index in [4.69, 9.17) is 18.9 Å². The molecule has 9 heteroatoms. The Hall–Kier alpha value is -5.18. The van der Waals surface area contributed by atoms with Gasteiger partial charge in [0.1, 0.15) is 46.9 Å². The first-order valence-electron chi connectivity index (χ1n) is 13.7. The minimum Gasteiger partial charge on any atom is -0.508 e. The molecule has 0 radical (unpaired) electrons. The normalized spacial score (nSPS) is 10.7. The molecule has 0 amide bonds. The van der Waals surface area contributed by atoms with Crippen LogP contribution in [0.4, 0.5) is 0 Å². The van der Waals surface area contributed by atoms with Crippen molar-refractivity contribution in [2.45, 2.75) is 33.3 Å². The molecule has 0 aliphatic heterocycles. The molecule has 4 aromatic rings. The summed E-state index contributed by atoms with van der Waals surface area (Å²) in [5, 5.41) is 31.4. The quantitative estimate of drug-likeness (QED) is 0.148. The number of hydrogen-bond donors (Lipinski definition) is 3. The molecule has 0 aliphatic rings. The highest BCUT2D eigenvalue weighted by molar-refractivity contribution is 6.01. The lowest BCUT2D eigenvalue weighted by Gasteiger charge is -2.16. The molecule has 0 unspecified atom stereocenters. The van der Waals surface area contributed by atoms with Crippen molar-refractivity contribution in [2.75, 3.05) is 20.3 Å². The van der Waals surface area contributed by atoms with Gasteiger partial charge in [-0.25, -0.2) is 0 Å². The molecular formula is C34H34O9. The molecule has 43 heavy (non-hydrogen) atoms. The first-order valence-corrected chi connectivity index (χ1v) is 13.7. The van der Waals surface area contributed by atoms with Gasteiger partial charge in [-0.2, -0.15) is 0 Å². The summed E-state index contributed by atoms with van der Waals surface area (Å²) >= 11 is 0. The summed E-state index contributed by atoms with van der Waals surface area (Å²) < 4.78 is 22.2. The van der Waals surface area contributed by atoms with Crippen LogP contribution in [0.25, 0.3) is 0 Å². The van der Waals surface area contributed by atoms with E-state index in [1.165, 1.54) is 19.2 Å². The van der Waals surface area contributed by atoms with E-state index in [9.17, 15) is 24.9 Å². The standard InChI is InChI=1S/C34H34O9/c1-4-5-22-14-28(33(39)20-42-25-8-6-21(2)7-9-25)34(17-30(22)36)43-18-23-15-27(31(37)16-29(23)35)32(38)19-41-26-12-10-24(40-3)11-13-26/h6-17,35-37H,4-5,18-20H2,1-3H3.